The summed E-state index contributed by atoms with van der Waals surface area (Å²) in [5.74, 6) is -0.712. The van der Waals surface area contributed by atoms with Gasteiger partial charge in [-0.25, -0.2) is 0 Å². The van der Waals surface area contributed by atoms with Crippen molar-refractivity contribution in [3.8, 4) is 0 Å². The van der Waals surface area contributed by atoms with Crippen molar-refractivity contribution in [2.45, 2.75) is 24.6 Å². The van der Waals surface area contributed by atoms with Crippen molar-refractivity contribution in [3.05, 3.63) is 76.4 Å². The topological polar surface area (TPSA) is 49.4 Å². The van der Waals surface area contributed by atoms with Gasteiger partial charge in [-0.15, -0.1) is 0 Å². The molecule has 2 aliphatic rings. The molecule has 2 heterocycles. The average molecular weight is 414 g/mol. The maximum Gasteiger partial charge on any atom is 0.416 e. The lowest BCUT2D eigenvalue weighted by molar-refractivity contribution is -0.137. The minimum Gasteiger partial charge on any atom is -0.332 e. The molecule has 1 N–H and O–H groups in total. The van der Waals surface area contributed by atoms with E-state index in [1.54, 1.807) is 24.1 Å². The number of halogens is 3. The van der Waals surface area contributed by atoms with E-state index >= 15 is 0 Å². The maximum absolute atomic E-state index is 13.2. The summed E-state index contributed by atoms with van der Waals surface area (Å²) in [7, 11) is 1.75. The van der Waals surface area contributed by atoms with E-state index in [4.69, 9.17) is 0 Å². The van der Waals surface area contributed by atoms with Crippen molar-refractivity contribution in [1.29, 1.82) is 0 Å². The van der Waals surface area contributed by atoms with Gasteiger partial charge >= 0.3 is 6.18 Å². The van der Waals surface area contributed by atoms with Gasteiger partial charge in [-0.1, -0.05) is 42.5 Å². The number of benzene rings is 2. The Bertz CT molecular complexity index is 1040. The van der Waals surface area contributed by atoms with E-state index < -0.39 is 23.1 Å². The summed E-state index contributed by atoms with van der Waals surface area (Å²) in [6, 6.07) is 10.3. The molecule has 1 amide bonds. The number of carbonyl (C=O) groups excluding carboxylic acids is 2. The van der Waals surface area contributed by atoms with Crippen LogP contribution in [0.5, 0.6) is 0 Å². The van der Waals surface area contributed by atoms with Gasteiger partial charge < -0.3 is 10.2 Å². The van der Waals surface area contributed by atoms with E-state index in [1.165, 1.54) is 18.2 Å². The molecule has 0 saturated carbocycles. The number of amides is 1. The highest BCUT2D eigenvalue weighted by atomic mass is 19.4. The van der Waals surface area contributed by atoms with Crippen molar-refractivity contribution < 1.29 is 22.8 Å². The second-order valence-electron chi connectivity index (χ2n) is 7.66. The van der Waals surface area contributed by atoms with Gasteiger partial charge in [0.2, 0.25) is 0 Å². The molecule has 1 fully saturated rings. The first-order valence-corrected chi connectivity index (χ1v) is 9.77. The van der Waals surface area contributed by atoms with Gasteiger partial charge in [0.1, 0.15) is 0 Å². The number of fused-ring (bicyclic) bond motifs is 2. The highest BCUT2D eigenvalue weighted by molar-refractivity contribution is 6.15. The molecule has 0 aromatic heterocycles. The van der Waals surface area contributed by atoms with Gasteiger partial charge in [-0.2, -0.15) is 13.2 Å². The molecule has 0 unspecified atom stereocenters. The van der Waals surface area contributed by atoms with Crippen molar-refractivity contribution in [2.24, 2.45) is 0 Å². The molecule has 1 spiro atoms. The summed E-state index contributed by atoms with van der Waals surface area (Å²) >= 11 is 0. The van der Waals surface area contributed by atoms with Crippen LogP contribution < -0.4 is 5.32 Å². The third-order valence-electron chi connectivity index (χ3n) is 6.10. The van der Waals surface area contributed by atoms with Crippen LogP contribution in [-0.4, -0.2) is 36.7 Å². The predicted octanol–water partition coefficient (Wildman–Crippen LogP) is 4.27. The average Bonchev–Trinajstić information content (AvgIpc) is 2.94. The number of carbonyl (C=O) groups is 2. The lowest BCUT2D eigenvalue weighted by Gasteiger charge is -2.40. The molecule has 0 radical (unpaired) electrons. The van der Waals surface area contributed by atoms with Crippen molar-refractivity contribution in [2.75, 3.05) is 20.1 Å². The number of hydrogen-bond acceptors (Lipinski definition) is 3. The van der Waals surface area contributed by atoms with Crippen LogP contribution >= 0.6 is 0 Å². The predicted molar refractivity (Wildman–Crippen MR) is 107 cm³/mol. The third-order valence-corrected chi connectivity index (χ3v) is 6.10. The Morgan fingerprint density at radius 1 is 1.10 bits per heavy atom. The lowest BCUT2D eigenvalue weighted by atomic mass is 9.80. The van der Waals surface area contributed by atoms with E-state index in [0.717, 1.165) is 49.7 Å². The van der Waals surface area contributed by atoms with E-state index in [-0.39, 0.29) is 17.0 Å². The molecule has 1 saturated heterocycles. The standard InChI is InChI=1S/C23H21F3N2O2/c1-28-21(30)20-16(6-4-8-18(20)22(28)11-13-27-14-12-22)19(29)10-9-15-5-2-3-7-17(15)23(24,25)26/h2-10,27H,11-14H2,1H3/b10-9+. The van der Waals surface area contributed by atoms with E-state index in [9.17, 15) is 22.8 Å². The molecule has 4 rings (SSSR count). The number of alkyl halides is 3. The minimum atomic E-state index is -4.52. The van der Waals surface area contributed by atoms with Gasteiger partial charge in [0, 0.05) is 12.6 Å². The molecule has 156 valence electrons. The fourth-order valence-corrected chi connectivity index (χ4v) is 4.52. The van der Waals surface area contributed by atoms with Crippen molar-refractivity contribution in [3.63, 3.8) is 0 Å². The van der Waals surface area contributed by atoms with Crippen molar-refractivity contribution >= 4 is 17.8 Å². The summed E-state index contributed by atoms with van der Waals surface area (Å²) < 4.78 is 39.6. The number of nitrogens with zero attached hydrogens (tertiary/aromatic N) is 1. The summed E-state index contributed by atoms with van der Waals surface area (Å²) in [5.41, 5.74) is 0.0641. The number of allylic oxidation sites excluding steroid dienone is 1. The first kappa shape index (κ1) is 20.3. The van der Waals surface area contributed by atoms with Gasteiger partial charge in [0.15, 0.2) is 5.78 Å². The molecule has 0 aliphatic carbocycles. The van der Waals surface area contributed by atoms with Crippen LogP contribution in [0.3, 0.4) is 0 Å². The Balaban J connectivity index is 1.72. The Hall–Kier alpha value is -2.93. The van der Waals surface area contributed by atoms with E-state index in [2.05, 4.69) is 5.32 Å². The van der Waals surface area contributed by atoms with Crippen LogP contribution in [0.25, 0.3) is 6.08 Å². The van der Waals surface area contributed by atoms with Crippen LogP contribution in [0.4, 0.5) is 13.2 Å². The van der Waals surface area contributed by atoms with Gasteiger partial charge in [0.05, 0.1) is 16.7 Å². The second-order valence-corrected chi connectivity index (χ2v) is 7.66. The van der Waals surface area contributed by atoms with Crippen LogP contribution in [0, 0.1) is 0 Å². The summed E-state index contributed by atoms with van der Waals surface area (Å²) in [4.78, 5) is 27.7. The van der Waals surface area contributed by atoms with E-state index in [1.807, 2.05) is 6.07 Å². The zero-order valence-corrected chi connectivity index (χ0v) is 16.4. The molecule has 4 nitrogen and oxygen atoms in total. The molecule has 2 aliphatic heterocycles. The molecule has 30 heavy (non-hydrogen) atoms. The summed E-state index contributed by atoms with van der Waals surface area (Å²) in [5, 5.41) is 3.29. The normalized spacial score (nSPS) is 18.3. The number of rotatable bonds is 3. The Labute approximate surface area is 172 Å². The van der Waals surface area contributed by atoms with Crippen LogP contribution in [0.15, 0.2) is 48.5 Å². The first-order valence-electron chi connectivity index (χ1n) is 9.77. The zero-order valence-electron chi connectivity index (χ0n) is 16.4. The second kappa shape index (κ2) is 7.40. The molecule has 7 heteroatoms. The van der Waals surface area contributed by atoms with Crippen LogP contribution in [-0.2, 0) is 11.7 Å². The third kappa shape index (κ3) is 3.23. The lowest BCUT2D eigenvalue weighted by Crippen LogP contribution is -2.48. The van der Waals surface area contributed by atoms with Crippen molar-refractivity contribution in [1.82, 2.24) is 10.2 Å². The largest absolute Gasteiger partial charge is 0.416 e. The smallest absolute Gasteiger partial charge is 0.332 e. The molecular formula is C23H21F3N2O2. The first-order chi connectivity index (χ1) is 14.3. The van der Waals surface area contributed by atoms with Gasteiger partial charge in [-0.3, -0.25) is 9.59 Å². The number of ketones is 1. The molecular weight excluding hydrogens is 393 g/mol. The summed E-state index contributed by atoms with van der Waals surface area (Å²) in [6.45, 7) is 1.53. The van der Waals surface area contributed by atoms with Gasteiger partial charge in [-0.05, 0) is 49.2 Å². The molecule has 2 aromatic rings. The monoisotopic (exact) mass is 414 g/mol. The number of nitrogens with one attached hydrogen (secondary N) is 1. The maximum atomic E-state index is 13.2. The Morgan fingerprint density at radius 2 is 1.80 bits per heavy atom. The zero-order chi connectivity index (χ0) is 21.5. The highest BCUT2D eigenvalue weighted by Crippen LogP contribution is 2.45. The molecule has 2 aromatic carbocycles. The Kier molecular flexibility index (Phi) is 5.02. The quantitative estimate of drug-likeness (QED) is 0.603. The van der Waals surface area contributed by atoms with E-state index in [0.29, 0.717) is 5.56 Å². The SMILES string of the molecule is CN1C(=O)c2c(C(=O)/C=C/c3ccccc3C(F)(F)F)cccc2C12CCNCC2. The van der Waals surface area contributed by atoms with Gasteiger partial charge in [0.25, 0.3) is 5.91 Å². The fraction of sp³-hybridized carbons (Fsp3) is 0.304. The Morgan fingerprint density at radius 3 is 2.50 bits per heavy atom. The van der Waals surface area contributed by atoms with Crippen LogP contribution in [0.2, 0.25) is 0 Å². The molecule has 0 atom stereocenters. The number of piperidine rings is 1. The minimum absolute atomic E-state index is 0.0933. The van der Waals surface area contributed by atoms with Crippen LogP contribution in [0.1, 0.15) is 50.2 Å². The summed E-state index contributed by atoms with van der Waals surface area (Å²) in [6.07, 6.45) is -0.754. The highest BCUT2D eigenvalue weighted by Gasteiger charge is 2.49. The fourth-order valence-electron chi connectivity index (χ4n) is 4.52. The molecule has 0 bridgehead atoms. The number of hydrogen-bond donors (Lipinski definition) is 1.